The van der Waals surface area contributed by atoms with Crippen LogP contribution in [-0.2, 0) is 7.05 Å². The van der Waals surface area contributed by atoms with E-state index in [1.807, 2.05) is 7.05 Å². The first-order valence-electron chi connectivity index (χ1n) is 4.17. The van der Waals surface area contributed by atoms with Crippen LogP contribution in [-0.4, -0.2) is 16.4 Å². The van der Waals surface area contributed by atoms with Gasteiger partial charge in [-0.05, 0) is 5.92 Å². The van der Waals surface area contributed by atoms with E-state index in [0.717, 1.165) is 5.56 Å². The van der Waals surface area contributed by atoms with Gasteiger partial charge in [0.15, 0.2) is 6.61 Å². The molecule has 0 spiro atoms. The van der Waals surface area contributed by atoms with Crippen LogP contribution in [0.2, 0.25) is 0 Å². The summed E-state index contributed by atoms with van der Waals surface area (Å²) in [4.78, 5) is 0. The third kappa shape index (κ3) is 2.03. The van der Waals surface area contributed by atoms with E-state index in [-0.39, 0.29) is 6.61 Å². The molecule has 0 fully saturated rings. The molecule has 1 rings (SSSR count). The van der Waals surface area contributed by atoms with Crippen molar-refractivity contribution >= 4 is 0 Å². The second-order valence-corrected chi connectivity index (χ2v) is 3.10. The lowest BCUT2D eigenvalue weighted by atomic mass is 10.1. The number of rotatable bonds is 3. The smallest absolute Gasteiger partial charge is 0.216 e. The third-order valence-corrected chi connectivity index (χ3v) is 1.71. The van der Waals surface area contributed by atoms with Crippen molar-refractivity contribution in [1.82, 2.24) is 9.78 Å². The normalized spacial score (nSPS) is 10.1. The Morgan fingerprint density at radius 3 is 2.92 bits per heavy atom. The van der Waals surface area contributed by atoms with Crippen molar-refractivity contribution in [3.05, 3.63) is 11.8 Å². The molecule has 0 aromatic carbocycles. The summed E-state index contributed by atoms with van der Waals surface area (Å²) in [6.45, 7) is 4.40. The minimum atomic E-state index is 0.271. The lowest BCUT2D eigenvalue weighted by Crippen LogP contribution is -2.02. The Morgan fingerprint density at radius 1 is 1.69 bits per heavy atom. The van der Waals surface area contributed by atoms with Crippen molar-refractivity contribution < 1.29 is 4.74 Å². The van der Waals surface area contributed by atoms with Gasteiger partial charge in [0, 0.05) is 12.6 Å². The van der Waals surface area contributed by atoms with Crippen LogP contribution < -0.4 is 4.74 Å². The van der Waals surface area contributed by atoms with Crippen molar-refractivity contribution in [1.29, 1.82) is 0 Å². The van der Waals surface area contributed by atoms with Gasteiger partial charge < -0.3 is 4.74 Å². The van der Waals surface area contributed by atoms with Crippen LogP contribution in [0.15, 0.2) is 0 Å². The molecule has 0 saturated heterocycles. The van der Waals surface area contributed by atoms with Crippen LogP contribution in [0.25, 0.3) is 0 Å². The topological polar surface area (TPSA) is 27.1 Å². The predicted octanol–water partition coefficient (Wildman–Crippen LogP) is 1.36. The number of ether oxygens (including phenoxy) is 1. The van der Waals surface area contributed by atoms with Crippen molar-refractivity contribution in [2.75, 3.05) is 6.61 Å². The maximum absolute atomic E-state index is 5.35. The summed E-state index contributed by atoms with van der Waals surface area (Å²) in [5, 5.41) is 3.99. The Kier molecular flexibility index (Phi) is 2.97. The van der Waals surface area contributed by atoms with E-state index >= 15 is 0 Å². The van der Waals surface area contributed by atoms with Crippen LogP contribution in [0.3, 0.4) is 0 Å². The molecule has 1 radical (unpaired) electrons. The maximum atomic E-state index is 5.35. The van der Waals surface area contributed by atoms with Gasteiger partial charge >= 0.3 is 0 Å². The van der Waals surface area contributed by atoms with Gasteiger partial charge in [0.05, 0.1) is 0 Å². The van der Waals surface area contributed by atoms with Crippen LogP contribution >= 0.6 is 0 Å². The summed E-state index contributed by atoms with van der Waals surface area (Å²) in [5.41, 5.74) is 0.970. The second kappa shape index (κ2) is 3.99. The zero-order chi connectivity index (χ0) is 9.84. The lowest BCUT2D eigenvalue weighted by Gasteiger charge is -2.07. The molecular weight excluding hydrogens is 164 g/mol. The van der Waals surface area contributed by atoms with Gasteiger partial charge in [0.1, 0.15) is 6.20 Å². The molecule has 0 saturated carbocycles. The lowest BCUT2D eigenvalue weighted by molar-refractivity contribution is 0.330. The number of terminal acetylenes is 1. The molecular formula is C10H13N2O. The van der Waals surface area contributed by atoms with E-state index in [9.17, 15) is 0 Å². The average molecular weight is 177 g/mol. The highest BCUT2D eigenvalue weighted by molar-refractivity contribution is 5.26. The minimum absolute atomic E-state index is 0.271. The monoisotopic (exact) mass is 177 g/mol. The van der Waals surface area contributed by atoms with Crippen LogP contribution in [0.5, 0.6) is 5.88 Å². The molecule has 0 N–H and O–H groups in total. The molecule has 0 unspecified atom stereocenters. The molecule has 3 heteroatoms. The number of aromatic nitrogens is 2. The first-order valence-corrected chi connectivity index (χ1v) is 4.17. The molecule has 3 nitrogen and oxygen atoms in total. The Balaban J connectivity index is 2.89. The second-order valence-electron chi connectivity index (χ2n) is 3.10. The molecule has 0 aliphatic rings. The summed E-state index contributed by atoms with van der Waals surface area (Å²) in [5.74, 6) is 3.49. The van der Waals surface area contributed by atoms with Crippen LogP contribution in [0.4, 0.5) is 0 Å². The highest BCUT2D eigenvalue weighted by atomic mass is 16.5. The fourth-order valence-electron chi connectivity index (χ4n) is 1.05. The Hall–Kier alpha value is -1.43. The first-order chi connectivity index (χ1) is 6.16. The zero-order valence-corrected chi connectivity index (χ0v) is 8.16. The van der Waals surface area contributed by atoms with E-state index in [2.05, 4.69) is 31.1 Å². The van der Waals surface area contributed by atoms with Crippen molar-refractivity contribution in [3.63, 3.8) is 0 Å². The van der Waals surface area contributed by atoms with E-state index in [1.54, 1.807) is 4.68 Å². The summed E-state index contributed by atoms with van der Waals surface area (Å²) < 4.78 is 7.00. The molecule has 1 heterocycles. The molecule has 1 aromatic heterocycles. The zero-order valence-electron chi connectivity index (χ0n) is 8.16. The summed E-state index contributed by atoms with van der Waals surface area (Å²) in [7, 11) is 1.81. The summed E-state index contributed by atoms with van der Waals surface area (Å²) in [6, 6.07) is 0. The predicted molar refractivity (Wildman–Crippen MR) is 50.5 cm³/mol. The van der Waals surface area contributed by atoms with E-state index < -0.39 is 0 Å². The standard InChI is InChI=1S/C10H13N2O/c1-5-6-13-10-9(8(2)3)7-11-12(10)4/h1,8H,6H2,2-4H3. The Morgan fingerprint density at radius 2 is 2.38 bits per heavy atom. The molecule has 13 heavy (non-hydrogen) atoms. The fourth-order valence-corrected chi connectivity index (χ4v) is 1.05. The minimum Gasteiger partial charge on any atom is -0.464 e. The van der Waals surface area contributed by atoms with Gasteiger partial charge in [-0.2, -0.15) is 5.10 Å². The van der Waals surface area contributed by atoms with Crippen molar-refractivity contribution in [2.45, 2.75) is 19.8 Å². The van der Waals surface area contributed by atoms with Gasteiger partial charge in [-0.25, -0.2) is 4.68 Å². The van der Waals surface area contributed by atoms with Crippen molar-refractivity contribution in [2.24, 2.45) is 7.05 Å². The van der Waals surface area contributed by atoms with E-state index in [1.165, 1.54) is 0 Å². The van der Waals surface area contributed by atoms with Gasteiger partial charge in [-0.3, -0.25) is 0 Å². The summed E-state index contributed by atoms with van der Waals surface area (Å²) in [6.07, 6.45) is 8.01. The molecule has 0 amide bonds. The Bertz CT molecular complexity index is 320. The number of nitrogens with zero attached hydrogens (tertiary/aromatic N) is 2. The number of hydrogen-bond acceptors (Lipinski definition) is 2. The first kappa shape index (κ1) is 9.66. The fraction of sp³-hybridized carbons (Fsp3) is 0.500. The van der Waals surface area contributed by atoms with Crippen LogP contribution in [0.1, 0.15) is 25.3 Å². The molecule has 1 aromatic rings. The number of aryl methyl sites for hydroxylation is 1. The molecule has 69 valence electrons. The van der Waals surface area contributed by atoms with Gasteiger partial charge in [-0.15, -0.1) is 6.42 Å². The Labute approximate surface area is 78.7 Å². The quantitative estimate of drug-likeness (QED) is 0.652. The van der Waals surface area contributed by atoms with Crippen molar-refractivity contribution in [3.8, 4) is 18.2 Å². The van der Waals surface area contributed by atoms with E-state index in [4.69, 9.17) is 11.2 Å². The van der Waals surface area contributed by atoms with Gasteiger partial charge in [0.25, 0.3) is 0 Å². The van der Waals surface area contributed by atoms with Gasteiger partial charge in [0.2, 0.25) is 5.88 Å². The highest BCUT2D eigenvalue weighted by Gasteiger charge is 2.12. The third-order valence-electron chi connectivity index (χ3n) is 1.71. The van der Waals surface area contributed by atoms with Gasteiger partial charge in [-0.1, -0.05) is 19.8 Å². The van der Waals surface area contributed by atoms with Crippen LogP contribution in [0, 0.1) is 18.5 Å². The largest absolute Gasteiger partial charge is 0.464 e. The maximum Gasteiger partial charge on any atom is 0.216 e. The highest BCUT2D eigenvalue weighted by Crippen LogP contribution is 2.24. The molecule has 0 aliphatic carbocycles. The average Bonchev–Trinajstić information content (AvgIpc) is 2.43. The molecule has 0 bridgehead atoms. The summed E-state index contributed by atoms with van der Waals surface area (Å²) >= 11 is 0. The SMILES string of the molecule is C#CCOc1c(C(C)C)[c]nn1C. The molecule has 0 aliphatic heterocycles. The molecule has 0 atom stereocenters. The van der Waals surface area contributed by atoms with E-state index in [0.29, 0.717) is 11.8 Å². The number of hydrogen-bond donors (Lipinski definition) is 0.